The molecule has 1 rings (SSSR count). The van der Waals surface area contributed by atoms with E-state index in [0.717, 1.165) is 12.8 Å². The average molecular weight is 130 g/mol. The van der Waals surface area contributed by atoms with Gasteiger partial charge in [0.2, 0.25) is 0 Å². The van der Waals surface area contributed by atoms with Crippen molar-refractivity contribution in [1.29, 1.82) is 0 Å². The molecule has 54 valence electrons. The first-order valence-electron chi connectivity index (χ1n) is 3.53. The summed E-state index contributed by atoms with van der Waals surface area (Å²) >= 11 is 0. The zero-order valence-corrected chi connectivity index (χ0v) is 6.00. The largest absolute Gasteiger partial charge is 0.368 e. The van der Waals surface area contributed by atoms with Gasteiger partial charge in [-0.3, -0.25) is 0 Å². The van der Waals surface area contributed by atoms with Crippen LogP contribution in [0.25, 0.3) is 0 Å². The molecule has 1 aliphatic heterocycles. The third kappa shape index (κ3) is 1.66. The molecule has 3 unspecified atom stereocenters. The molecule has 0 aromatic heterocycles. The quantitative estimate of drug-likeness (QED) is 0.533. The Hall–Kier alpha value is -0.0800. The number of aliphatic hydroxyl groups excluding tert-OH is 1. The van der Waals surface area contributed by atoms with Crippen molar-refractivity contribution in [2.24, 2.45) is 5.92 Å². The fraction of sp³-hybridized carbons (Fsp3) is 1.00. The van der Waals surface area contributed by atoms with Crippen LogP contribution in [-0.4, -0.2) is 17.5 Å². The lowest BCUT2D eigenvalue weighted by Gasteiger charge is -2.29. The van der Waals surface area contributed by atoms with Crippen LogP contribution in [0, 0.1) is 5.92 Å². The molecule has 0 saturated carbocycles. The van der Waals surface area contributed by atoms with E-state index in [0.29, 0.717) is 5.92 Å². The Morgan fingerprint density at radius 2 is 2.00 bits per heavy atom. The normalized spacial score (nSPS) is 45.0. The van der Waals surface area contributed by atoms with E-state index in [1.54, 1.807) is 0 Å². The molecule has 0 aromatic carbocycles. The van der Waals surface area contributed by atoms with Gasteiger partial charge in [0.25, 0.3) is 0 Å². The Morgan fingerprint density at radius 3 is 2.44 bits per heavy atom. The molecule has 0 aromatic rings. The molecule has 3 atom stereocenters. The highest BCUT2D eigenvalue weighted by Gasteiger charge is 2.23. The minimum absolute atomic E-state index is 0.246. The van der Waals surface area contributed by atoms with E-state index >= 15 is 0 Å². The number of aliphatic hydroxyl groups is 1. The van der Waals surface area contributed by atoms with Crippen LogP contribution in [0.5, 0.6) is 0 Å². The van der Waals surface area contributed by atoms with Gasteiger partial charge in [-0.25, -0.2) is 0 Å². The first kappa shape index (κ1) is 7.03. The molecule has 1 heterocycles. The van der Waals surface area contributed by atoms with Crippen molar-refractivity contribution in [2.45, 2.75) is 39.1 Å². The van der Waals surface area contributed by atoms with Gasteiger partial charge in [0, 0.05) is 5.92 Å². The molecule has 1 aliphatic rings. The van der Waals surface area contributed by atoms with Crippen LogP contribution in [-0.2, 0) is 4.74 Å². The minimum Gasteiger partial charge on any atom is -0.368 e. The Balaban J connectivity index is 2.35. The summed E-state index contributed by atoms with van der Waals surface area (Å²) in [7, 11) is 0. The Labute approximate surface area is 55.8 Å². The second-order valence-corrected chi connectivity index (χ2v) is 2.89. The van der Waals surface area contributed by atoms with E-state index in [1.807, 2.05) is 13.8 Å². The first-order chi connectivity index (χ1) is 4.20. The van der Waals surface area contributed by atoms with E-state index in [1.165, 1.54) is 0 Å². The Morgan fingerprint density at radius 1 is 1.33 bits per heavy atom. The molecular formula is C7H14O2. The van der Waals surface area contributed by atoms with Gasteiger partial charge in [-0.1, -0.05) is 6.92 Å². The fourth-order valence-electron chi connectivity index (χ4n) is 1.08. The van der Waals surface area contributed by atoms with Crippen molar-refractivity contribution in [1.82, 2.24) is 0 Å². The van der Waals surface area contributed by atoms with Gasteiger partial charge in [-0.15, -0.1) is 0 Å². The van der Waals surface area contributed by atoms with E-state index in [9.17, 15) is 0 Å². The fourth-order valence-corrected chi connectivity index (χ4v) is 1.08. The van der Waals surface area contributed by atoms with Crippen LogP contribution in [0.4, 0.5) is 0 Å². The van der Waals surface area contributed by atoms with Crippen molar-refractivity contribution >= 4 is 0 Å². The molecule has 1 saturated heterocycles. The molecule has 0 bridgehead atoms. The van der Waals surface area contributed by atoms with Crippen molar-refractivity contribution in [3.05, 3.63) is 0 Å². The summed E-state index contributed by atoms with van der Waals surface area (Å²) < 4.78 is 5.15. The van der Waals surface area contributed by atoms with Gasteiger partial charge in [0.05, 0.1) is 6.10 Å². The SMILES string of the molecule is CC1CCC(C)C(O)O1. The van der Waals surface area contributed by atoms with Crippen LogP contribution in [0.3, 0.4) is 0 Å². The molecule has 1 fully saturated rings. The molecule has 1 N–H and O–H groups in total. The highest BCUT2D eigenvalue weighted by molar-refractivity contribution is 4.66. The summed E-state index contributed by atoms with van der Waals surface area (Å²) in [6, 6.07) is 0. The lowest BCUT2D eigenvalue weighted by molar-refractivity contribution is -0.184. The number of hydrogen-bond donors (Lipinski definition) is 1. The predicted octanol–water partition coefficient (Wildman–Crippen LogP) is 1.14. The summed E-state index contributed by atoms with van der Waals surface area (Å²) in [4.78, 5) is 0. The van der Waals surface area contributed by atoms with Crippen LogP contribution in [0.15, 0.2) is 0 Å². The van der Waals surface area contributed by atoms with Crippen LogP contribution < -0.4 is 0 Å². The lowest BCUT2D eigenvalue weighted by atomic mass is 10.00. The summed E-state index contributed by atoms with van der Waals surface area (Å²) in [6.07, 6.45) is 1.89. The summed E-state index contributed by atoms with van der Waals surface area (Å²) in [5.74, 6) is 0.321. The Bertz CT molecular complexity index is 92.9. The van der Waals surface area contributed by atoms with Crippen molar-refractivity contribution in [3.8, 4) is 0 Å². The number of ether oxygens (including phenoxy) is 1. The van der Waals surface area contributed by atoms with Crippen molar-refractivity contribution in [3.63, 3.8) is 0 Å². The molecule has 0 amide bonds. The average Bonchev–Trinajstić information content (AvgIpc) is 1.80. The Kier molecular flexibility index (Phi) is 2.09. The van der Waals surface area contributed by atoms with Gasteiger partial charge in [0.1, 0.15) is 0 Å². The van der Waals surface area contributed by atoms with Crippen LogP contribution in [0.1, 0.15) is 26.7 Å². The second-order valence-electron chi connectivity index (χ2n) is 2.89. The van der Waals surface area contributed by atoms with E-state index in [-0.39, 0.29) is 6.10 Å². The second kappa shape index (κ2) is 2.67. The van der Waals surface area contributed by atoms with E-state index in [2.05, 4.69) is 0 Å². The third-order valence-electron chi connectivity index (χ3n) is 1.89. The molecule has 0 spiro atoms. The number of rotatable bonds is 0. The monoisotopic (exact) mass is 130 g/mol. The topological polar surface area (TPSA) is 29.5 Å². The maximum absolute atomic E-state index is 9.13. The van der Waals surface area contributed by atoms with Gasteiger partial charge in [-0.2, -0.15) is 0 Å². The smallest absolute Gasteiger partial charge is 0.157 e. The van der Waals surface area contributed by atoms with Gasteiger partial charge in [-0.05, 0) is 19.8 Å². The van der Waals surface area contributed by atoms with Crippen molar-refractivity contribution < 1.29 is 9.84 Å². The standard InChI is InChI=1S/C7H14O2/c1-5-3-4-6(2)9-7(5)8/h5-8H,3-4H2,1-2H3. The third-order valence-corrected chi connectivity index (χ3v) is 1.89. The van der Waals surface area contributed by atoms with Crippen LogP contribution in [0.2, 0.25) is 0 Å². The molecular weight excluding hydrogens is 116 g/mol. The molecule has 0 aliphatic carbocycles. The molecule has 9 heavy (non-hydrogen) atoms. The first-order valence-corrected chi connectivity index (χ1v) is 3.53. The van der Waals surface area contributed by atoms with E-state index in [4.69, 9.17) is 9.84 Å². The minimum atomic E-state index is -0.520. The lowest BCUT2D eigenvalue weighted by Crippen LogP contribution is -2.31. The number of hydrogen-bond acceptors (Lipinski definition) is 2. The van der Waals surface area contributed by atoms with Crippen LogP contribution >= 0.6 is 0 Å². The van der Waals surface area contributed by atoms with Gasteiger partial charge in [0.15, 0.2) is 6.29 Å². The zero-order valence-electron chi connectivity index (χ0n) is 6.00. The summed E-state index contributed by atoms with van der Waals surface area (Å²) in [5.41, 5.74) is 0. The highest BCUT2D eigenvalue weighted by atomic mass is 16.6. The zero-order chi connectivity index (χ0) is 6.85. The summed E-state index contributed by atoms with van der Waals surface area (Å²) in [5, 5.41) is 9.13. The maximum Gasteiger partial charge on any atom is 0.157 e. The predicted molar refractivity (Wildman–Crippen MR) is 35.0 cm³/mol. The molecule has 2 nitrogen and oxygen atoms in total. The maximum atomic E-state index is 9.13. The van der Waals surface area contributed by atoms with E-state index < -0.39 is 6.29 Å². The van der Waals surface area contributed by atoms with Crippen molar-refractivity contribution in [2.75, 3.05) is 0 Å². The highest BCUT2D eigenvalue weighted by Crippen LogP contribution is 2.22. The van der Waals surface area contributed by atoms with Gasteiger partial charge < -0.3 is 9.84 Å². The molecule has 2 heteroatoms. The van der Waals surface area contributed by atoms with Gasteiger partial charge >= 0.3 is 0 Å². The molecule has 0 radical (unpaired) electrons. The summed E-state index contributed by atoms with van der Waals surface area (Å²) in [6.45, 7) is 4.01.